The van der Waals surface area contributed by atoms with Crippen LogP contribution in [-0.2, 0) is 17.8 Å². The van der Waals surface area contributed by atoms with Gasteiger partial charge in [0.25, 0.3) is 5.56 Å². The van der Waals surface area contributed by atoms with Crippen LogP contribution < -0.4 is 5.56 Å². The van der Waals surface area contributed by atoms with Gasteiger partial charge in [0, 0.05) is 12.0 Å². The molecular weight excluding hydrogens is 358 g/mol. The fourth-order valence-corrected chi connectivity index (χ4v) is 4.04. The molecule has 0 amide bonds. The summed E-state index contributed by atoms with van der Waals surface area (Å²) in [4.78, 5) is 22.9. The summed E-state index contributed by atoms with van der Waals surface area (Å²) in [6, 6.07) is 9.78. The third-order valence-corrected chi connectivity index (χ3v) is 6.04. The lowest BCUT2D eigenvalue weighted by Crippen LogP contribution is -2.35. The Kier molecular flexibility index (Phi) is 4.56. The Morgan fingerprint density at radius 3 is 2.78 bits per heavy atom. The average Bonchev–Trinajstić information content (AvgIpc) is 2.67. The van der Waals surface area contributed by atoms with E-state index in [0.717, 1.165) is 35.3 Å². The van der Waals surface area contributed by atoms with Gasteiger partial charge in [-0.05, 0) is 44.2 Å². The van der Waals surface area contributed by atoms with Gasteiger partial charge in [-0.15, -0.1) is 0 Å². The summed E-state index contributed by atoms with van der Waals surface area (Å²) in [6.07, 6.45) is 3.60. The molecule has 0 aliphatic carbocycles. The van der Waals surface area contributed by atoms with Gasteiger partial charge in [0.15, 0.2) is 10.8 Å². The van der Waals surface area contributed by atoms with Gasteiger partial charge in [-0.1, -0.05) is 36.9 Å². The largest absolute Gasteiger partial charge is 0.370 e. The molecule has 27 heavy (non-hydrogen) atoms. The van der Waals surface area contributed by atoms with Crippen LogP contribution in [0.3, 0.4) is 0 Å². The molecular formula is C21H23N3O2S. The van der Waals surface area contributed by atoms with Crippen LogP contribution in [0.5, 0.6) is 0 Å². The maximum atomic E-state index is 13.4. The van der Waals surface area contributed by atoms with E-state index >= 15 is 0 Å². The van der Waals surface area contributed by atoms with Crippen LogP contribution in [0.4, 0.5) is 0 Å². The van der Waals surface area contributed by atoms with Gasteiger partial charge in [-0.3, -0.25) is 9.36 Å². The summed E-state index contributed by atoms with van der Waals surface area (Å²) in [5.41, 5.74) is 4.10. The van der Waals surface area contributed by atoms with E-state index in [1.54, 1.807) is 4.57 Å². The van der Waals surface area contributed by atoms with Crippen molar-refractivity contribution >= 4 is 22.8 Å². The van der Waals surface area contributed by atoms with Gasteiger partial charge < -0.3 is 4.74 Å². The highest BCUT2D eigenvalue weighted by molar-refractivity contribution is 7.98. The molecule has 0 radical (unpaired) electrons. The Bertz CT molecular complexity index is 1090. The maximum absolute atomic E-state index is 13.4. The number of nitrogens with zero attached hydrogens (tertiary/aromatic N) is 3. The number of ether oxygens (including phenoxy) is 1. The van der Waals surface area contributed by atoms with Crippen molar-refractivity contribution < 1.29 is 4.74 Å². The molecule has 2 aromatic heterocycles. The first-order valence-corrected chi connectivity index (χ1v) is 10.4. The molecule has 3 aromatic rings. The molecule has 1 aliphatic heterocycles. The zero-order valence-corrected chi connectivity index (χ0v) is 16.9. The Morgan fingerprint density at radius 1 is 1.30 bits per heavy atom. The minimum atomic E-state index is -0.202. The lowest BCUT2D eigenvalue weighted by Gasteiger charge is -2.33. The lowest BCUT2D eigenvalue weighted by atomic mass is 9.91. The molecule has 1 atom stereocenters. The molecule has 140 valence electrons. The minimum absolute atomic E-state index is 0.0854. The van der Waals surface area contributed by atoms with Crippen molar-refractivity contribution in [2.24, 2.45) is 0 Å². The molecule has 0 unspecified atom stereocenters. The van der Waals surface area contributed by atoms with Crippen LogP contribution in [0.15, 0.2) is 40.3 Å². The summed E-state index contributed by atoms with van der Waals surface area (Å²) in [6.45, 7) is 6.72. The van der Waals surface area contributed by atoms with E-state index in [4.69, 9.17) is 14.7 Å². The molecule has 1 aliphatic rings. The van der Waals surface area contributed by atoms with E-state index in [-0.39, 0.29) is 11.2 Å². The summed E-state index contributed by atoms with van der Waals surface area (Å²) in [5.74, 6) is 0. The van der Waals surface area contributed by atoms with E-state index in [1.807, 2.05) is 43.5 Å². The van der Waals surface area contributed by atoms with Crippen LogP contribution in [0.1, 0.15) is 37.1 Å². The number of fused-ring (bicyclic) bond motifs is 2. The van der Waals surface area contributed by atoms with Crippen molar-refractivity contribution in [3.8, 4) is 5.69 Å². The predicted octanol–water partition coefficient (Wildman–Crippen LogP) is 4.05. The standard InChI is InChI=1S/C21H23N3O2S/c1-5-21(3)11-16-14(12-26-21)10-15-18(22-16)23-20(27-4)24(19(15)25)17-9-7-6-8-13(17)2/h6-10H,5,11-12H2,1-4H3/t21-/m0/s1. The van der Waals surface area contributed by atoms with Gasteiger partial charge in [-0.25, -0.2) is 9.97 Å². The van der Waals surface area contributed by atoms with Crippen LogP contribution in [0.25, 0.3) is 16.7 Å². The first kappa shape index (κ1) is 18.2. The number of pyridine rings is 1. The van der Waals surface area contributed by atoms with Crippen molar-refractivity contribution in [1.29, 1.82) is 0 Å². The van der Waals surface area contributed by atoms with E-state index in [1.165, 1.54) is 11.8 Å². The van der Waals surface area contributed by atoms with Crippen LogP contribution in [0.2, 0.25) is 0 Å². The molecule has 3 heterocycles. The molecule has 1 aromatic carbocycles. The first-order chi connectivity index (χ1) is 13.0. The minimum Gasteiger partial charge on any atom is -0.370 e. The molecule has 0 saturated carbocycles. The second-order valence-corrected chi connectivity index (χ2v) is 8.03. The van der Waals surface area contributed by atoms with E-state index in [2.05, 4.69) is 13.8 Å². The van der Waals surface area contributed by atoms with E-state index in [0.29, 0.717) is 22.8 Å². The second-order valence-electron chi connectivity index (χ2n) is 7.26. The number of aromatic nitrogens is 3. The summed E-state index contributed by atoms with van der Waals surface area (Å²) >= 11 is 1.46. The highest BCUT2D eigenvalue weighted by Gasteiger charge is 2.31. The molecule has 0 fully saturated rings. The molecule has 0 spiro atoms. The fourth-order valence-electron chi connectivity index (χ4n) is 3.50. The average molecular weight is 382 g/mol. The number of benzene rings is 1. The van der Waals surface area contributed by atoms with Gasteiger partial charge in [0.2, 0.25) is 0 Å². The number of aryl methyl sites for hydroxylation is 1. The third-order valence-electron chi connectivity index (χ3n) is 5.40. The molecule has 0 N–H and O–H groups in total. The molecule has 0 saturated heterocycles. The van der Waals surface area contributed by atoms with Crippen molar-refractivity contribution in [3.05, 3.63) is 57.5 Å². The van der Waals surface area contributed by atoms with Gasteiger partial charge >= 0.3 is 0 Å². The zero-order valence-electron chi connectivity index (χ0n) is 16.1. The van der Waals surface area contributed by atoms with E-state index in [9.17, 15) is 4.79 Å². The predicted molar refractivity (Wildman–Crippen MR) is 109 cm³/mol. The van der Waals surface area contributed by atoms with Crippen LogP contribution >= 0.6 is 11.8 Å². The first-order valence-electron chi connectivity index (χ1n) is 9.15. The SMILES string of the molecule is CC[C@@]1(C)Cc2nc3nc(SC)n(-c4ccccc4C)c(=O)c3cc2CO1. The highest BCUT2D eigenvalue weighted by Crippen LogP contribution is 2.31. The zero-order chi connectivity index (χ0) is 19.2. The Balaban J connectivity index is 1.96. The number of thioether (sulfide) groups is 1. The highest BCUT2D eigenvalue weighted by atomic mass is 32.2. The smallest absolute Gasteiger partial charge is 0.268 e. The maximum Gasteiger partial charge on any atom is 0.268 e. The van der Waals surface area contributed by atoms with Crippen molar-refractivity contribution in [2.45, 2.75) is 51.0 Å². The number of rotatable bonds is 3. The third kappa shape index (κ3) is 3.07. The monoisotopic (exact) mass is 381 g/mol. The van der Waals surface area contributed by atoms with Gasteiger partial charge in [0.1, 0.15) is 0 Å². The van der Waals surface area contributed by atoms with E-state index < -0.39 is 0 Å². The molecule has 5 nitrogen and oxygen atoms in total. The normalized spacial score (nSPS) is 19.3. The summed E-state index contributed by atoms with van der Waals surface area (Å²) in [5, 5.41) is 1.19. The topological polar surface area (TPSA) is 57.0 Å². The number of hydrogen-bond donors (Lipinski definition) is 0. The van der Waals surface area contributed by atoms with Crippen molar-refractivity contribution in [1.82, 2.24) is 14.5 Å². The molecule has 4 rings (SSSR count). The second kappa shape index (κ2) is 6.77. The van der Waals surface area contributed by atoms with Crippen LogP contribution in [0, 0.1) is 6.92 Å². The number of hydrogen-bond acceptors (Lipinski definition) is 5. The quantitative estimate of drug-likeness (QED) is 0.506. The number of para-hydroxylation sites is 1. The Labute approximate surface area is 162 Å². The Morgan fingerprint density at radius 2 is 2.07 bits per heavy atom. The fraction of sp³-hybridized carbons (Fsp3) is 0.381. The summed E-state index contributed by atoms with van der Waals surface area (Å²) in [7, 11) is 0. The van der Waals surface area contributed by atoms with Crippen LogP contribution in [-0.4, -0.2) is 26.4 Å². The van der Waals surface area contributed by atoms with Crippen molar-refractivity contribution in [2.75, 3.05) is 6.26 Å². The lowest BCUT2D eigenvalue weighted by molar-refractivity contribution is -0.0573. The Hall–Kier alpha value is -2.18. The van der Waals surface area contributed by atoms with Gasteiger partial charge in [-0.2, -0.15) is 0 Å². The van der Waals surface area contributed by atoms with Gasteiger partial charge in [0.05, 0.1) is 29.0 Å². The molecule has 0 bridgehead atoms. The van der Waals surface area contributed by atoms with Crippen molar-refractivity contribution in [3.63, 3.8) is 0 Å². The summed E-state index contributed by atoms with van der Waals surface area (Å²) < 4.78 is 7.73. The molecule has 6 heteroatoms.